The van der Waals surface area contributed by atoms with Crippen molar-refractivity contribution in [1.82, 2.24) is 19.9 Å². The number of carbonyl (C=O) groups excluding carboxylic acids is 2. The van der Waals surface area contributed by atoms with Crippen LogP contribution < -0.4 is 11.1 Å². The van der Waals surface area contributed by atoms with Gasteiger partial charge in [-0.15, -0.1) is 0 Å². The molecule has 2 aromatic heterocycles. The molecule has 2 heterocycles. The number of primary amides is 1. The SMILES string of the molecule is NC(=O)CCOCCNC(=O)c1cnn2cc(Cc3ccc(Br)cc3)cnc12. The summed E-state index contributed by atoms with van der Waals surface area (Å²) in [7, 11) is 0. The predicted molar refractivity (Wildman–Crippen MR) is 107 cm³/mol. The first-order valence-electron chi connectivity index (χ1n) is 8.74. The van der Waals surface area contributed by atoms with Gasteiger partial charge in [0, 0.05) is 36.3 Å². The predicted octanol–water partition coefficient (Wildman–Crippen LogP) is 1.70. The van der Waals surface area contributed by atoms with Gasteiger partial charge in [0.15, 0.2) is 5.65 Å². The van der Waals surface area contributed by atoms with Crippen LogP contribution in [0.15, 0.2) is 47.3 Å². The molecule has 0 aliphatic heterocycles. The fourth-order valence-electron chi connectivity index (χ4n) is 2.61. The number of nitrogens with one attached hydrogen (secondary N) is 1. The number of benzene rings is 1. The molecule has 2 amide bonds. The molecule has 0 bridgehead atoms. The molecule has 0 aliphatic carbocycles. The Balaban J connectivity index is 1.58. The zero-order valence-electron chi connectivity index (χ0n) is 15.1. The monoisotopic (exact) mass is 445 g/mol. The van der Waals surface area contributed by atoms with Gasteiger partial charge in [-0.2, -0.15) is 5.10 Å². The summed E-state index contributed by atoms with van der Waals surface area (Å²) in [5, 5.41) is 6.98. The molecule has 3 N–H and O–H groups in total. The highest BCUT2D eigenvalue weighted by Crippen LogP contribution is 2.15. The fraction of sp³-hybridized carbons (Fsp3) is 0.263. The second-order valence-electron chi connectivity index (χ2n) is 6.18. The Hall–Kier alpha value is -2.78. The van der Waals surface area contributed by atoms with Gasteiger partial charge in [0.05, 0.1) is 19.4 Å². The summed E-state index contributed by atoms with van der Waals surface area (Å²) in [4.78, 5) is 27.3. The van der Waals surface area contributed by atoms with Crippen molar-refractivity contribution < 1.29 is 14.3 Å². The summed E-state index contributed by atoms with van der Waals surface area (Å²) in [6, 6.07) is 8.08. The summed E-state index contributed by atoms with van der Waals surface area (Å²) in [5.74, 6) is -0.692. The number of hydrogen-bond acceptors (Lipinski definition) is 5. The zero-order chi connectivity index (χ0) is 19.9. The van der Waals surface area contributed by atoms with Gasteiger partial charge in [-0.25, -0.2) is 9.50 Å². The minimum absolute atomic E-state index is 0.161. The number of hydrogen-bond donors (Lipinski definition) is 2. The Morgan fingerprint density at radius 1 is 1.14 bits per heavy atom. The van der Waals surface area contributed by atoms with E-state index in [2.05, 4.69) is 31.3 Å². The minimum Gasteiger partial charge on any atom is -0.379 e. The molecule has 0 unspecified atom stereocenters. The molecule has 3 aromatic rings. The maximum absolute atomic E-state index is 12.3. The number of halogens is 1. The molecule has 0 atom stereocenters. The highest BCUT2D eigenvalue weighted by molar-refractivity contribution is 9.10. The van der Waals surface area contributed by atoms with Gasteiger partial charge in [-0.3, -0.25) is 9.59 Å². The van der Waals surface area contributed by atoms with Crippen molar-refractivity contribution in [2.45, 2.75) is 12.8 Å². The molecule has 8 nitrogen and oxygen atoms in total. The van der Waals surface area contributed by atoms with E-state index in [1.165, 1.54) is 6.20 Å². The van der Waals surface area contributed by atoms with E-state index in [9.17, 15) is 9.59 Å². The molecule has 9 heteroatoms. The summed E-state index contributed by atoms with van der Waals surface area (Å²) in [6.45, 7) is 0.851. The number of nitrogens with two attached hydrogens (primary N) is 1. The first-order chi connectivity index (χ1) is 13.5. The number of aromatic nitrogens is 3. The lowest BCUT2D eigenvalue weighted by atomic mass is 10.1. The van der Waals surface area contributed by atoms with Gasteiger partial charge < -0.3 is 15.8 Å². The van der Waals surface area contributed by atoms with Crippen molar-refractivity contribution in [3.05, 3.63) is 64.0 Å². The molecule has 1 aromatic carbocycles. The lowest BCUT2D eigenvalue weighted by Gasteiger charge is -2.05. The standard InChI is InChI=1S/C19H20BrN5O3/c20-15-3-1-13(2-4-15)9-14-10-23-18-16(11-24-25(18)12-14)19(27)22-6-8-28-7-5-17(21)26/h1-4,10-12H,5-9H2,(H2,21,26)(H,22,27). The van der Waals surface area contributed by atoms with Crippen LogP contribution in [0.25, 0.3) is 5.65 Å². The van der Waals surface area contributed by atoms with Crippen molar-refractivity contribution in [2.24, 2.45) is 5.73 Å². The molecule has 0 spiro atoms. The molecular formula is C19H20BrN5O3. The van der Waals surface area contributed by atoms with Crippen LogP contribution >= 0.6 is 15.9 Å². The van der Waals surface area contributed by atoms with E-state index in [-0.39, 0.29) is 18.9 Å². The van der Waals surface area contributed by atoms with Gasteiger partial charge in [-0.05, 0) is 23.3 Å². The maximum atomic E-state index is 12.3. The number of amides is 2. The summed E-state index contributed by atoms with van der Waals surface area (Å²) in [5.41, 5.74) is 8.06. The van der Waals surface area contributed by atoms with Crippen LogP contribution in [0.3, 0.4) is 0 Å². The third kappa shape index (κ3) is 5.37. The maximum Gasteiger partial charge on any atom is 0.256 e. The van der Waals surface area contributed by atoms with E-state index in [1.807, 2.05) is 30.5 Å². The molecule has 0 saturated carbocycles. The highest BCUT2D eigenvalue weighted by Gasteiger charge is 2.14. The summed E-state index contributed by atoms with van der Waals surface area (Å²) < 4.78 is 7.86. The van der Waals surface area contributed by atoms with Crippen LogP contribution in [0, 0.1) is 0 Å². The molecule has 0 aliphatic rings. The van der Waals surface area contributed by atoms with Crippen LogP contribution in [-0.4, -0.2) is 46.2 Å². The minimum atomic E-state index is -0.416. The van der Waals surface area contributed by atoms with Crippen molar-refractivity contribution in [1.29, 1.82) is 0 Å². The van der Waals surface area contributed by atoms with Crippen LogP contribution in [0.1, 0.15) is 27.9 Å². The third-order valence-electron chi connectivity index (χ3n) is 4.00. The molecule has 3 rings (SSSR count). The van der Waals surface area contributed by atoms with Crippen molar-refractivity contribution in [3.8, 4) is 0 Å². The van der Waals surface area contributed by atoms with E-state index in [0.717, 1.165) is 22.0 Å². The van der Waals surface area contributed by atoms with Crippen LogP contribution in [0.4, 0.5) is 0 Å². The Morgan fingerprint density at radius 3 is 2.68 bits per heavy atom. The van der Waals surface area contributed by atoms with E-state index in [0.29, 0.717) is 24.4 Å². The number of fused-ring (bicyclic) bond motifs is 1. The topological polar surface area (TPSA) is 112 Å². The quantitative estimate of drug-likeness (QED) is 0.486. The van der Waals surface area contributed by atoms with Crippen LogP contribution in [-0.2, 0) is 16.0 Å². The largest absolute Gasteiger partial charge is 0.379 e. The second kappa shape index (κ2) is 9.43. The lowest BCUT2D eigenvalue weighted by molar-refractivity contribution is -0.119. The lowest BCUT2D eigenvalue weighted by Crippen LogP contribution is -2.27. The van der Waals surface area contributed by atoms with Gasteiger partial charge in [0.2, 0.25) is 5.91 Å². The van der Waals surface area contributed by atoms with Gasteiger partial charge in [0.1, 0.15) is 5.56 Å². The average Bonchev–Trinajstić information content (AvgIpc) is 3.09. The van der Waals surface area contributed by atoms with Gasteiger partial charge in [0.25, 0.3) is 5.91 Å². The fourth-order valence-corrected chi connectivity index (χ4v) is 2.87. The highest BCUT2D eigenvalue weighted by atomic mass is 79.9. The summed E-state index contributed by atoms with van der Waals surface area (Å²) in [6.07, 6.45) is 6.00. The number of ether oxygens (including phenoxy) is 1. The Labute approximate surface area is 170 Å². The first-order valence-corrected chi connectivity index (χ1v) is 9.53. The molecular weight excluding hydrogens is 426 g/mol. The Kier molecular flexibility index (Phi) is 6.72. The number of carbonyl (C=O) groups is 2. The Morgan fingerprint density at radius 2 is 1.93 bits per heavy atom. The van der Waals surface area contributed by atoms with Crippen molar-refractivity contribution in [3.63, 3.8) is 0 Å². The van der Waals surface area contributed by atoms with Crippen LogP contribution in [0.5, 0.6) is 0 Å². The number of rotatable bonds is 9. The van der Waals surface area contributed by atoms with Crippen molar-refractivity contribution in [2.75, 3.05) is 19.8 Å². The molecule has 0 fully saturated rings. The molecule has 146 valence electrons. The molecule has 28 heavy (non-hydrogen) atoms. The van der Waals surface area contributed by atoms with E-state index in [1.54, 1.807) is 10.7 Å². The van der Waals surface area contributed by atoms with Gasteiger partial charge >= 0.3 is 0 Å². The smallest absolute Gasteiger partial charge is 0.256 e. The van der Waals surface area contributed by atoms with Crippen LogP contribution in [0.2, 0.25) is 0 Å². The van der Waals surface area contributed by atoms with E-state index >= 15 is 0 Å². The first kappa shape index (κ1) is 20.0. The normalized spacial score (nSPS) is 10.9. The molecule has 0 saturated heterocycles. The third-order valence-corrected chi connectivity index (χ3v) is 4.53. The average molecular weight is 446 g/mol. The molecule has 0 radical (unpaired) electrons. The zero-order valence-corrected chi connectivity index (χ0v) is 16.7. The van der Waals surface area contributed by atoms with Crippen molar-refractivity contribution >= 4 is 33.4 Å². The van der Waals surface area contributed by atoms with Gasteiger partial charge in [-0.1, -0.05) is 28.1 Å². The number of nitrogens with zero attached hydrogens (tertiary/aromatic N) is 3. The summed E-state index contributed by atoms with van der Waals surface area (Å²) >= 11 is 3.42. The second-order valence-corrected chi connectivity index (χ2v) is 7.09. The van der Waals surface area contributed by atoms with E-state index in [4.69, 9.17) is 10.5 Å². The Bertz CT molecular complexity index is 971. The van der Waals surface area contributed by atoms with E-state index < -0.39 is 5.91 Å².